The standard InChI is InChI=1S/C20H21N3O4S/c24-19-15-18(20(25)23(19)16-7-3-1-4-8-16)21-11-13-22(14-12-21)28(26,27)17-9-5-2-6-10-17/h1-10,15,24-25H,11-14H2. The predicted octanol–water partition coefficient (Wildman–Crippen LogP) is 2.40. The molecule has 0 aliphatic carbocycles. The van der Waals surface area contributed by atoms with E-state index in [0.29, 0.717) is 37.6 Å². The highest BCUT2D eigenvalue weighted by Gasteiger charge is 2.30. The first-order valence-electron chi connectivity index (χ1n) is 8.98. The number of aromatic nitrogens is 1. The van der Waals surface area contributed by atoms with Crippen LogP contribution in [-0.2, 0) is 10.0 Å². The van der Waals surface area contributed by atoms with Gasteiger partial charge in [0.2, 0.25) is 21.8 Å². The van der Waals surface area contributed by atoms with Gasteiger partial charge in [-0.2, -0.15) is 4.31 Å². The molecular weight excluding hydrogens is 378 g/mol. The lowest BCUT2D eigenvalue weighted by Crippen LogP contribution is -2.48. The number of sulfonamides is 1. The summed E-state index contributed by atoms with van der Waals surface area (Å²) in [4.78, 5) is 2.16. The topological polar surface area (TPSA) is 86.0 Å². The van der Waals surface area contributed by atoms with Crippen LogP contribution in [0.1, 0.15) is 0 Å². The van der Waals surface area contributed by atoms with Gasteiger partial charge in [-0.25, -0.2) is 13.0 Å². The van der Waals surface area contributed by atoms with Crippen molar-refractivity contribution in [1.82, 2.24) is 8.87 Å². The molecule has 2 aromatic carbocycles. The van der Waals surface area contributed by atoms with Crippen LogP contribution in [0, 0.1) is 0 Å². The zero-order chi connectivity index (χ0) is 19.7. The van der Waals surface area contributed by atoms with E-state index in [4.69, 9.17) is 0 Å². The van der Waals surface area contributed by atoms with Crippen LogP contribution in [-0.4, -0.2) is 53.7 Å². The Kier molecular flexibility index (Phi) is 4.74. The predicted molar refractivity (Wildman–Crippen MR) is 107 cm³/mol. The van der Waals surface area contributed by atoms with Crippen molar-refractivity contribution in [3.63, 3.8) is 0 Å². The fourth-order valence-electron chi connectivity index (χ4n) is 3.45. The molecule has 1 aromatic heterocycles. The minimum atomic E-state index is -3.53. The molecule has 0 spiro atoms. The molecule has 0 atom stereocenters. The van der Waals surface area contributed by atoms with Crippen LogP contribution in [0.3, 0.4) is 0 Å². The molecule has 7 nitrogen and oxygen atoms in total. The molecule has 28 heavy (non-hydrogen) atoms. The largest absolute Gasteiger partial charge is 0.494 e. The molecule has 0 saturated carbocycles. The van der Waals surface area contributed by atoms with Gasteiger partial charge in [-0.15, -0.1) is 0 Å². The fourth-order valence-corrected chi connectivity index (χ4v) is 4.89. The van der Waals surface area contributed by atoms with Crippen molar-refractivity contribution in [3.05, 3.63) is 66.7 Å². The number of nitrogens with zero attached hydrogens (tertiary/aromatic N) is 3. The summed E-state index contributed by atoms with van der Waals surface area (Å²) in [5, 5.41) is 20.9. The number of piperazine rings is 1. The second kappa shape index (κ2) is 7.21. The molecule has 8 heteroatoms. The molecule has 2 heterocycles. The van der Waals surface area contributed by atoms with E-state index in [-0.39, 0.29) is 16.7 Å². The molecule has 1 aliphatic rings. The Hall–Kier alpha value is -2.97. The lowest BCUT2D eigenvalue weighted by Gasteiger charge is -2.34. The van der Waals surface area contributed by atoms with Crippen LogP contribution in [0.25, 0.3) is 5.69 Å². The normalized spacial score (nSPS) is 15.6. The van der Waals surface area contributed by atoms with Crippen LogP contribution >= 0.6 is 0 Å². The molecule has 4 rings (SSSR count). The Bertz CT molecular complexity index is 1060. The Balaban J connectivity index is 1.54. The van der Waals surface area contributed by atoms with Crippen molar-refractivity contribution in [2.45, 2.75) is 4.90 Å². The molecule has 1 aliphatic heterocycles. The van der Waals surface area contributed by atoms with Gasteiger partial charge in [-0.05, 0) is 24.3 Å². The molecule has 2 N–H and O–H groups in total. The molecule has 0 bridgehead atoms. The third kappa shape index (κ3) is 3.21. The first-order chi connectivity index (χ1) is 13.5. The van der Waals surface area contributed by atoms with Crippen LogP contribution in [0.2, 0.25) is 0 Å². The number of benzene rings is 2. The minimum Gasteiger partial charge on any atom is -0.494 e. The van der Waals surface area contributed by atoms with Crippen molar-refractivity contribution >= 4 is 15.7 Å². The minimum absolute atomic E-state index is 0.0666. The maximum atomic E-state index is 12.8. The van der Waals surface area contributed by atoms with Gasteiger partial charge in [-0.3, -0.25) is 0 Å². The molecule has 146 valence electrons. The third-order valence-corrected chi connectivity index (χ3v) is 6.82. The van der Waals surface area contributed by atoms with Crippen molar-refractivity contribution in [3.8, 4) is 17.4 Å². The van der Waals surface area contributed by atoms with E-state index in [9.17, 15) is 18.6 Å². The smallest absolute Gasteiger partial charge is 0.243 e. The zero-order valence-electron chi connectivity index (χ0n) is 15.1. The number of hydrogen-bond donors (Lipinski definition) is 2. The molecule has 1 saturated heterocycles. The van der Waals surface area contributed by atoms with Crippen LogP contribution in [0.4, 0.5) is 5.69 Å². The SMILES string of the molecule is O=S(=O)(c1ccccc1)N1CCN(c2cc(O)n(-c3ccccc3)c2O)CC1. The Morgan fingerprint density at radius 3 is 1.96 bits per heavy atom. The van der Waals surface area contributed by atoms with Crippen LogP contribution in [0.15, 0.2) is 71.6 Å². The Morgan fingerprint density at radius 2 is 1.36 bits per heavy atom. The lowest BCUT2D eigenvalue weighted by molar-refractivity contribution is 0.379. The van der Waals surface area contributed by atoms with Gasteiger partial charge in [0.25, 0.3) is 0 Å². The number of rotatable bonds is 4. The first-order valence-corrected chi connectivity index (χ1v) is 10.4. The van der Waals surface area contributed by atoms with Gasteiger partial charge in [-0.1, -0.05) is 36.4 Å². The monoisotopic (exact) mass is 399 g/mol. The summed E-state index contributed by atoms with van der Waals surface area (Å²) < 4.78 is 28.3. The lowest BCUT2D eigenvalue weighted by atomic mass is 10.3. The summed E-state index contributed by atoms with van der Waals surface area (Å²) in [6.07, 6.45) is 0. The van der Waals surface area contributed by atoms with Crippen LogP contribution < -0.4 is 4.90 Å². The number of para-hydroxylation sites is 1. The third-order valence-electron chi connectivity index (χ3n) is 4.91. The first kappa shape index (κ1) is 18.4. The number of anilines is 1. The maximum absolute atomic E-state index is 12.8. The van der Waals surface area contributed by atoms with E-state index in [0.717, 1.165) is 0 Å². The Labute approximate surface area is 163 Å². The Morgan fingerprint density at radius 1 is 0.786 bits per heavy atom. The van der Waals surface area contributed by atoms with E-state index in [1.807, 2.05) is 23.1 Å². The fraction of sp³-hybridized carbons (Fsp3) is 0.200. The quantitative estimate of drug-likeness (QED) is 0.704. The van der Waals surface area contributed by atoms with Crippen molar-refractivity contribution < 1.29 is 18.6 Å². The average molecular weight is 399 g/mol. The molecule has 0 amide bonds. The van der Waals surface area contributed by atoms with Gasteiger partial charge >= 0.3 is 0 Å². The van der Waals surface area contributed by atoms with Gasteiger partial charge < -0.3 is 15.1 Å². The van der Waals surface area contributed by atoms with Crippen molar-refractivity contribution in [2.75, 3.05) is 31.1 Å². The summed E-state index contributed by atoms with van der Waals surface area (Å²) in [5.74, 6) is -0.138. The van der Waals surface area contributed by atoms with Gasteiger partial charge in [0.1, 0.15) is 5.69 Å². The van der Waals surface area contributed by atoms with E-state index < -0.39 is 10.0 Å². The summed E-state index contributed by atoms with van der Waals surface area (Å²) >= 11 is 0. The van der Waals surface area contributed by atoms with Gasteiger partial charge in [0, 0.05) is 32.2 Å². The second-order valence-corrected chi connectivity index (χ2v) is 8.52. The maximum Gasteiger partial charge on any atom is 0.243 e. The van der Waals surface area contributed by atoms with Gasteiger partial charge in [0.15, 0.2) is 0 Å². The molecule has 0 radical (unpaired) electrons. The highest BCUT2D eigenvalue weighted by atomic mass is 32.2. The highest BCUT2D eigenvalue weighted by Crippen LogP contribution is 2.38. The van der Waals surface area contributed by atoms with Crippen LogP contribution in [0.5, 0.6) is 11.8 Å². The summed E-state index contributed by atoms with van der Waals surface area (Å²) in [5.41, 5.74) is 1.13. The highest BCUT2D eigenvalue weighted by molar-refractivity contribution is 7.89. The molecule has 0 unspecified atom stereocenters. The molecule has 1 fully saturated rings. The molecule has 3 aromatic rings. The van der Waals surface area contributed by atoms with Crippen molar-refractivity contribution in [2.24, 2.45) is 0 Å². The van der Waals surface area contributed by atoms with E-state index in [1.165, 1.54) is 14.9 Å². The average Bonchev–Trinajstić information content (AvgIpc) is 3.03. The summed E-state index contributed by atoms with van der Waals surface area (Å²) in [6.45, 7) is 1.43. The van der Waals surface area contributed by atoms with Crippen molar-refractivity contribution in [1.29, 1.82) is 0 Å². The van der Waals surface area contributed by atoms with E-state index in [1.54, 1.807) is 42.5 Å². The second-order valence-electron chi connectivity index (χ2n) is 6.59. The molecular formula is C20H21N3O4S. The van der Waals surface area contributed by atoms with E-state index >= 15 is 0 Å². The number of hydrogen-bond acceptors (Lipinski definition) is 5. The van der Waals surface area contributed by atoms with E-state index in [2.05, 4.69) is 0 Å². The summed E-state index contributed by atoms with van der Waals surface area (Å²) in [6, 6.07) is 18.9. The van der Waals surface area contributed by atoms with Gasteiger partial charge in [0.05, 0.1) is 10.6 Å². The zero-order valence-corrected chi connectivity index (χ0v) is 16.0. The summed E-state index contributed by atoms with van der Waals surface area (Å²) in [7, 11) is -3.53. The number of aromatic hydroxyl groups is 2.